The van der Waals surface area contributed by atoms with E-state index < -0.39 is 0 Å². The van der Waals surface area contributed by atoms with Crippen LogP contribution in [-0.2, 0) is 11.2 Å². The van der Waals surface area contributed by atoms with Crippen LogP contribution in [-0.4, -0.2) is 28.6 Å². The maximum atomic E-state index is 11.8. The Morgan fingerprint density at radius 1 is 1.47 bits per heavy atom. The first-order chi connectivity index (χ1) is 8.90. The average Bonchev–Trinajstić information content (AvgIpc) is 2.35. The minimum absolute atomic E-state index is 0.0180. The van der Waals surface area contributed by atoms with Crippen molar-refractivity contribution < 1.29 is 9.90 Å². The largest absolute Gasteiger partial charge is 0.394 e. The molecule has 0 aliphatic heterocycles. The number of carbonyl (C=O) groups excluding carboxylic acids is 1. The molecule has 1 heterocycles. The number of nitrogens with zero attached hydrogens (tertiary/aromatic N) is 1. The zero-order chi connectivity index (χ0) is 14.3. The van der Waals surface area contributed by atoms with Crippen molar-refractivity contribution in [3.63, 3.8) is 0 Å². The van der Waals surface area contributed by atoms with Crippen LogP contribution in [0.1, 0.15) is 39.2 Å². The van der Waals surface area contributed by atoms with Gasteiger partial charge in [-0.05, 0) is 29.9 Å². The van der Waals surface area contributed by atoms with Crippen LogP contribution in [0.25, 0.3) is 0 Å². The van der Waals surface area contributed by atoms with E-state index in [-0.39, 0.29) is 24.0 Å². The molecular weight excluding hydrogens is 240 g/mol. The number of pyridine rings is 1. The topological polar surface area (TPSA) is 62.2 Å². The van der Waals surface area contributed by atoms with Crippen LogP contribution in [0.2, 0.25) is 0 Å². The molecule has 0 fully saturated rings. The summed E-state index contributed by atoms with van der Waals surface area (Å²) < 4.78 is 0. The van der Waals surface area contributed by atoms with Crippen molar-refractivity contribution >= 4 is 5.91 Å². The lowest BCUT2D eigenvalue weighted by atomic mass is 9.88. The maximum absolute atomic E-state index is 11.8. The molecule has 0 spiro atoms. The smallest absolute Gasteiger partial charge is 0.220 e. The SMILES string of the molecule is CC(C)(C)CC(CO)NC(=O)CCc1cccnc1. The minimum atomic E-state index is -0.165. The first-order valence-electron chi connectivity index (χ1n) is 6.70. The van der Waals surface area contributed by atoms with E-state index in [1.54, 1.807) is 12.4 Å². The Hall–Kier alpha value is -1.42. The molecule has 1 aromatic rings. The number of nitrogens with one attached hydrogen (secondary N) is 1. The second-order valence-electron chi connectivity index (χ2n) is 6.07. The maximum Gasteiger partial charge on any atom is 0.220 e. The molecule has 0 aromatic carbocycles. The van der Waals surface area contributed by atoms with E-state index in [1.807, 2.05) is 12.1 Å². The highest BCUT2D eigenvalue weighted by Gasteiger charge is 2.19. The van der Waals surface area contributed by atoms with Gasteiger partial charge in [0.2, 0.25) is 5.91 Å². The number of aryl methyl sites for hydroxylation is 1. The molecule has 106 valence electrons. The zero-order valence-electron chi connectivity index (χ0n) is 12.0. The molecule has 1 rings (SSSR count). The van der Waals surface area contributed by atoms with Gasteiger partial charge in [-0.15, -0.1) is 0 Å². The Morgan fingerprint density at radius 3 is 2.74 bits per heavy atom. The van der Waals surface area contributed by atoms with Gasteiger partial charge in [0.15, 0.2) is 0 Å². The molecule has 0 aliphatic rings. The van der Waals surface area contributed by atoms with Crippen molar-refractivity contribution in [2.24, 2.45) is 5.41 Å². The van der Waals surface area contributed by atoms with Crippen LogP contribution in [0.15, 0.2) is 24.5 Å². The third-order valence-electron chi connectivity index (χ3n) is 2.81. The number of aromatic nitrogens is 1. The van der Waals surface area contributed by atoms with E-state index in [4.69, 9.17) is 0 Å². The van der Waals surface area contributed by atoms with E-state index in [1.165, 1.54) is 0 Å². The molecule has 1 atom stereocenters. The van der Waals surface area contributed by atoms with Gasteiger partial charge in [0, 0.05) is 18.8 Å². The molecule has 1 unspecified atom stereocenters. The molecule has 1 aromatic heterocycles. The van der Waals surface area contributed by atoms with Crippen LogP contribution >= 0.6 is 0 Å². The summed E-state index contributed by atoms with van der Waals surface area (Å²) in [7, 11) is 0. The fraction of sp³-hybridized carbons (Fsp3) is 0.600. The van der Waals surface area contributed by atoms with Gasteiger partial charge in [0.05, 0.1) is 12.6 Å². The van der Waals surface area contributed by atoms with Crippen LogP contribution < -0.4 is 5.32 Å². The van der Waals surface area contributed by atoms with E-state index >= 15 is 0 Å². The lowest BCUT2D eigenvalue weighted by molar-refractivity contribution is -0.122. The van der Waals surface area contributed by atoms with Crippen molar-refractivity contribution in [1.82, 2.24) is 10.3 Å². The fourth-order valence-electron chi connectivity index (χ4n) is 2.00. The van der Waals surface area contributed by atoms with Gasteiger partial charge in [0.1, 0.15) is 0 Å². The second-order valence-corrected chi connectivity index (χ2v) is 6.07. The summed E-state index contributed by atoms with van der Waals surface area (Å²) in [4.78, 5) is 15.8. The molecule has 4 nitrogen and oxygen atoms in total. The molecule has 0 aliphatic carbocycles. The lowest BCUT2D eigenvalue weighted by Crippen LogP contribution is -2.40. The molecule has 1 amide bonds. The number of aliphatic hydroxyl groups is 1. The highest BCUT2D eigenvalue weighted by Crippen LogP contribution is 2.20. The first kappa shape index (κ1) is 15.6. The number of rotatable bonds is 6. The van der Waals surface area contributed by atoms with Crippen molar-refractivity contribution in [3.8, 4) is 0 Å². The summed E-state index contributed by atoms with van der Waals surface area (Å²) in [5.41, 5.74) is 1.14. The standard InChI is InChI=1S/C15H24N2O2/c1-15(2,3)9-13(11-18)17-14(19)7-6-12-5-4-8-16-10-12/h4-5,8,10,13,18H,6-7,9,11H2,1-3H3,(H,17,19). The Morgan fingerprint density at radius 2 is 2.21 bits per heavy atom. The van der Waals surface area contributed by atoms with E-state index in [2.05, 4.69) is 31.1 Å². The Bertz CT molecular complexity index is 385. The lowest BCUT2D eigenvalue weighted by Gasteiger charge is -2.25. The van der Waals surface area contributed by atoms with Crippen molar-refractivity contribution in [3.05, 3.63) is 30.1 Å². The summed E-state index contributed by atoms with van der Waals surface area (Å²) >= 11 is 0. The number of hydrogen-bond acceptors (Lipinski definition) is 3. The predicted octanol–water partition coefficient (Wildman–Crippen LogP) is 1.93. The molecule has 19 heavy (non-hydrogen) atoms. The Kier molecular flexibility index (Phi) is 5.96. The van der Waals surface area contributed by atoms with Gasteiger partial charge in [0.25, 0.3) is 0 Å². The fourth-order valence-corrected chi connectivity index (χ4v) is 2.00. The van der Waals surface area contributed by atoms with Crippen molar-refractivity contribution in [2.75, 3.05) is 6.61 Å². The Balaban J connectivity index is 2.37. The van der Waals surface area contributed by atoms with Gasteiger partial charge < -0.3 is 10.4 Å². The molecule has 0 saturated heterocycles. The van der Waals surface area contributed by atoms with Crippen molar-refractivity contribution in [1.29, 1.82) is 0 Å². The molecule has 4 heteroatoms. The second kappa shape index (κ2) is 7.24. The van der Waals surface area contributed by atoms with Gasteiger partial charge in [-0.1, -0.05) is 26.8 Å². The molecule has 0 saturated carbocycles. The third kappa shape index (κ3) is 6.91. The number of hydrogen-bond donors (Lipinski definition) is 2. The average molecular weight is 264 g/mol. The molecule has 2 N–H and O–H groups in total. The van der Waals surface area contributed by atoms with Gasteiger partial charge in [-0.25, -0.2) is 0 Å². The van der Waals surface area contributed by atoms with Crippen LogP contribution in [0, 0.1) is 5.41 Å². The predicted molar refractivity (Wildman–Crippen MR) is 75.6 cm³/mol. The monoisotopic (exact) mass is 264 g/mol. The van der Waals surface area contributed by atoms with Gasteiger partial charge >= 0.3 is 0 Å². The highest BCUT2D eigenvalue weighted by molar-refractivity contribution is 5.76. The van der Waals surface area contributed by atoms with E-state index in [0.29, 0.717) is 12.8 Å². The van der Waals surface area contributed by atoms with E-state index in [9.17, 15) is 9.90 Å². The zero-order valence-corrected chi connectivity index (χ0v) is 12.0. The number of aliphatic hydroxyl groups excluding tert-OH is 1. The first-order valence-corrected chi connectivity index (χ1v) is 6.70. The van der Waals surface area contributed by atoms with Gasteiger partial charge in [-0.2, -0.15) is 0 Å². The van der Waals surface area contributed by atoms with E-state index in [0.717, 1.165) is 12.0 Å². The molecule has 0 radical (unpaired) electrons. The summed E-state index contributed by atoms with van der Waals surface area (Å²) in [6.07, 6.45) is 5.35. The number of amides is 1. The van der Waals surface area contributed by atoms with Gasteiger partial charge in [-0.3, -0.25) is 9.78 Å². The summed E-state index contributed by atoms with van der Waals surface area (Å²) in [5.74, 6) is -0.0212. The third-order valence-corrected chi connectivity index (χ3v) is 2.81. The quantitative estimate of drug-likeness (QED) is 0.825. The van der Waals surface area contributed by atoms with Crippen LogP contribution in [0.3, 0.4) is 0 Å². The normalized spacial score (nSPS) is 13.1. The number of carbonyl (C=O) groups is 1. The molecular formula is C15H24N2O2. The molecule has 0 bridgehead atoms. The van der Waals surface area contributed by atoms with Crippen molar-refractivity contribution in [2.45, 2.75) is 46.1 Å². The summed E-state index contributed by atoms with van der Waals surface area (Å²) in [6, 6.07) is 3.66. The van der Waals surface area contributed by atoms with Crippen LogP contribution in [0.4, 0.5) is 0 Å². The summed E-state index contributed by atoms with van der Waals surface area (Å²) in [5, 5.41) is 12.2. The minimum Gasteiger partial charge on any atom is -0.394 e. The summed E-state index contributed by atoms with van der Waals surface area (Å²) in [6.45, 7) is 6.27. The highest BCUT2D eigenvalue weighted by atomic mass is 16.3. The Labute approximate surface area is 115 Å². The van der Waals surface area contributed by atoms with Crippen LogP contribution in [0.5, 0.6) is 0 Å².